The van der Waals surface area contributed by atoms with Crippen molar-refractivity contribution in [3.8, 4) is 0 Å². The van der Waals surface area contributed by atoms with Gasteiger partial charge in [0.25, 0.3) is 0 Å². The Morgan fingerprint density at radius 1 is 1.33 bits per heavy atom. The van der Waals surface area contributed by atoms with E-state index in [-0.39, 0.29) is 11.4 Å². The van der Waals surface area contributed by atoms with Gasteiger partial charge >= 0.3 is 0 Å². The molecule has 0 aliphatic rings. The summed E-state index contributed by atoms with van der Waals surface area (Å²) < 4.78 is 14.4. The van der Waals surface area contributed by atoms with Gasteiger partial charge in [0.05, 0.1) is 0 Å². The third-order valence-electron chi connectivity index (χ3n) is 2.96. The Balaban J connectivity index is 2.92. The summed E-state index contributed by atoms with van der Waals surface area (Å²) in [5, 5.41) is 0. The van der Waals surface area contributed by atoms with Crippen molar-refractivity contribution in [2.75, 3.05) is 0 Å². The summed E-state index contributed by atoms with van der Waals surface area (Å²) in [5.41, 5.74) is 6.57. The predicted molar refractivity (Wildman–Crippen MR) is 65.3 cm³/mol. The Morgan fingerprint density at radius 3 is 2.47 bits per heavy atom. The molecular formula is C12H17BrFN. The van der Waals surface area contributed by atoms with Crippen molar-refractivity contribution in [3.63, 3.8) is 0 Å². The number of halogens is 2. The zero-order valence-electron chi connectivity index (χ0n) is 9.19. The van der Waals surface area contributed by atoms with Gasteiger partial charge in [0.1, 0.15) is 5.82 Å². The maximum Gasteiger partial charge on any atom is 0.126 e. The highest BCUT2D eigenvalue weighted by molar-refractivity contribution is 9.10. The standard InChI is InChI=1S/C12H17BrFN/c1-3-12(15,4-2)8-9-7-10(13)5-6-11(9)14/h5-7H,3-4,8,15H2,1-2H3. The van der Waals surface area contributed by atoms with Crippen molar-refractivity contribution in [2.45, 2.75) is 38.6 Å². The van der Waals surface area contributed by atoms with E-state index in [1.807, 2.05) is 19.9 Å². The van der Waals surface area contributed by atoms with Crippen molar-refractivity contribution in [3.05, 3.63) is 34.1 Å². The molecule has 2 N–H and O–H groups in total. The Labute approximate surface area is 99.0 Å². The van der Waals surface area contributed by atoms with Crippen molar-refractivity contribution in [1.29, 1.82) is 0 Å². The molecule has 0 aliphatic carbocycles. The summed E-state index contributed by atoms with van der Waals surface area (Å²) in [4.78, 5) is 0. The largest absolute Gasteiger partial charge is 0.325 e. The summed E-state index contributed by atoms with van der Waals surface area (Å²) in [6.07, 6.45) is 2.30. The molecule has 0 fully saturated rings. The van der Waals surface area contributed by atoms with Crippen molar-refractivity contribution < 1.29 is 4.39 Å². The average Bonchev–Trinajstić information content (AvgIpc) is 2.23. The lowest BCUT2D eigenvalue weighted by molar-refractivity contribution is 0.387. The van der Waals surface area contributed by atoms with E-state index in [2.05, 4.69) is 15.9 Å². The maximum absolute atomic E-state index is 13.5. The quantitative estimate of drug-likeness (QED) is 0.891. The molecule has 84 valence electrons. The van der Waals surface area contributed by atoms with Crippen LogP contribution in [0.4, 0.5) is 4.39 Å². The highest BCUT2D eigenvalue weighted by Gasteiger charge is 2.22. The van der Waals surface area contributed by atoms with Gasteiger partial charge in [-0.1, -0.05) is 29.8 Å². The SMILES string of the molecule is CCC(N)(CC)Cc1cc(Br)ccc1F. The van der Waals surface area contributed by atoms with E-state index in [0.717, 1.165) is 17.3 Å². The zero-order valence-corrected chi connectivity index (χ0v) is 10.8. The molecule has 0 saturated carbocycles. The van der Waals surface area contributed by atoms with Crippen LogP contribution in [0, 0.1) is 5.82 Å². The van der Waals surface area contributed by atoms with Crippen LogP contribution in [0.3, 0.4) is 0 Å². The van der Waals surface area contributed by atoms with Crippen molar-refractivity contribution in [1.82, 2.24) is 0 Å². The van der Waals surface area contributed by atoms with E-state index >= 15 is 0 Å². The van der Waals surface area contributed by atoms with Gasteiger partial charge in [-0.15, -0.1) is 0 Å². The fraction of sp³-hybridized carbons (Fsp3) is 0.500. The molecule has 1 aromatic rings. The van der Waals surface area contributed by atoms with Crippen LogP contribution >= 0.6 is 15.9 Å². The molecule has 1 aromatic carbocycles. The van der Waals surface area contributed by atoms with Crippen LogP contribution in [-0.2, 0) is 6.42 Å². The maximum atomic E-state index is 13.5. The monoisotopic (exact) mass is 273 g/mol. The van der Waals surface area contributed by atoms with Gasteiger partial charge in [0, 0.05) is 10.0 Å². The van der Waals surface area contributed by atoms with E-state index in [1.54, 1.807) is 6.07 Å². The van der Waals surface area contributed by atoms with Crippen LogP contribution < -0.4 is 5.73 Å². The Morgan fingerprint density at radius 2 is 1.93 bits per heavy atom. The number of benzene rings is 1. The fourth-order valence-corrected chi connectivity index (χ4v) is 1.97. The van der Waals surface area contributed by atoms with Crippen molar-refractivity contribution in [2.24, 2.45) is 5.73 Å². The minimum absolute atomic E-state index is 0.171. The second kappa shape index (κ2) is 5.08. The average molecular weight is 274 g/mol. The van der Waals surface area contributed by atoms with Crippen LogP contribution in [0.25, 0.3) is 0 Å². The van der Waals surface area contributed by atoms with Crippen LogP contribution in [-0.4, -0.2) is 5.54 Å². The van der Waals surface area contributed by atoms with Crippen LogP contribution in [0.2, 0.25) is 0 Å². The lowest BCUT2D eigenvalue weighted by Gasteiger charge is -2.26. The summed E-state index contributed by atoms with van der Waals surface area (Å²) in [5.74, 6) is -0.171. The van der Waals surface area contributed by atoms with Gasteiger partial charge in [-0.2, -0.15) is 0 Å². The minimum atomic E-state index is -0.290. The first-order valence-corrected chi connectivity index (χ1v) is 6.03. The highest BCUT2D eigenvalue weighted by Crippen LogP contribution is 2.23. The number of hydrogen-bond donors (Lipinski definition) is 1. The first-order chi connectivity index (χ1) is 7.00. The van der Waals surface area contributed by atoms with E-state index < -0.39 is 0 Å². The van der Waals surface area contributed by atoms with Gasteiger partial charge < -0.3 is 5.73 Å². The topological polar surface area (TPSA) is 26.0 Å². The number of nitrogens with two attached hydrogens (primary N) is 1. The third-order valence-corrected chi connectivity index (χ3v) is 3.45. The van der Waals surface area contributed by atoms with Crippen LogP contribution in [0.5, 0.6) is 0 Å². The summed E-state index contributed by atoms with van der Waals surface area (Å²) in [6, 6.07) is 4.99. The van der Waals surface area contributed by atoms with E-state index in [0.29, 0.717) is 12.0 Å². The van der Waals surface area contributed by atoms with Crippen LogP contribution in [0.15, 0.2) is 22.7 Å². The molecule has 1 rings (SSSR count). The van der Waals surface area contributed by atoms with E-state index in [4.69, 9.17) is 5.73 Å². The Hall–Kier alpha value is -0.410. The third kappa shape index (κ3) is 3.28. The summed E-state index contributed by atoms with van der Waals surface area (Å²) >= 11 is 3.34. The van der Waals surface area contributed by atoms with Gasteiger partial charge in [0.2, 0.25) is 0 Å². The molecule has 0 radical (unpaired) electrons. The second-order valence-corrected chi connectivity index (χ2v) is 4.90. The first-order valence-electron chi connectivity index (χ1n) is 5.23. The molecule has 0 aromatic heterocycles. The Bertz CT molecular complexity index is 334. The molecule has 0 heterocycles. The van der Waals surface area contributed by atoms with Crippen LogP contribution in [0.1, 0.15) is 32.3 Å². The predicted octanol–water partition coefficient (Wildman–Crippen LogP) is 3.65. The van der Waals surface area contributed by atoms with Gasteiger partial charge in [-0.25, -0.2) is 4.39 Å². The molecule has 0 amide bonds. The smallest absolute Gasteiger partial charge is 0.126 e. The molecule has 1 nitrogen and oxygen atoms in total. The lowest BCUT2D eigenvalue weighted by atomic mass is 9.87. The second-order valence-electron chi connectivity index (χ2n) is 3.98. The molecule has 3 heteroatoms. The van der Waals surface area contributed by atoms with Gasteiger partial charge in [0.15, 0.2) is 0 Å². The normalized spacial score (nSPS) is 11.8. The zero-order chi connectivity index (χ0) is 11.5. The molecule has 0 bridgehead atoms. The van der Waals surface area contributed by atoms with E-state index in [1.165, 1.54) is 6.07 Å². The molecule has 0 spiro atoms. The fourth-order valence-electron chi connectivity index (χ4n) is 1.56. The van der Waals surface area contributed by atoms with Gasteiger partial charge in [-0.05, 0) is 43.0 Å². The van der Waals surface area contributed by atoms with E-state index in [9.17, 15) is 4.39 Å². The van der Waals surface area contributed by atoms with Crippen molar-refractivity contribution >= 4 is 15.9 Å². The Kier molecular flexibility index (Phi) is 4.29. The summed E-state index contributed by atoms with van der Waals surface area (Å²) in [7, 11) is 0. The molecule has 15 heavy (non-hydrogen) atoms. The lowest BCUT2D eigenvalue weighted by Crippen LogP contribution is -2.40. The molecule has 0 unspecified atom stereocenters. The van der Waals surface area contributed by atoms with Gasteiger partial charge in [-0.3, -0.25) is 0 Å². The number of hydrogen-bond acceptors (Lipinski definition) is 1. The first kappa shape index (κ1) is 12.7. The summed E-state index contributed by atoms with van der Waals surface area (Å²) in [6.45, 7) is 4.08. The highest BCUT2D eigenvalue weighted by atomic mass is 79.9. The molecule has 0 saturated heterocycles. The minimum Gasteiger partial charge on any atom is -0.325 e. The number of rotatable bonds is 4. The molecule has 0 aliphatic heterocycles. The molecular weight excluding hydrogens is 257 g/mol. The molecule has 0 atom stereocenters.